The number of nitrogen functional groups attached to an aromatic ring is 2. The van der Waals surface area contributed by atoms with Gasteiger partial charge < -0.3 is 20.9 Å². The topological polar surface area (TPSA) is 105 Å². The minimum atomic E-state index is -0.602. The molecule has 0 aromatic heterocycles. The monoisotopic (exact) mass is 634 g/mol. The first-order valence-electron chi connectivity index (χ1n) is 18.4. The molecule has 0 saturated heterocycles. The Morgan fingerprint density at radius 3 is 2.17 bits per heavy atom. The van der Waals surface area contributed by atoms with E-state index in [0.717, 1.165) is 54.4 Å². The van der Waals surface area contributed by atoms with E-state index < -0.39 is 11.9 Å². The molecule has 0 spiro atoms. The second kappa shape index (κ2) is 13.5. The molecule has 6 heteroatoms. The maximum Gasteiger partial charge on any atom is 0.331 e. The van der Waals surface area contributed by atoms with Gasteiger partial charge in [-0.15, -0.1) is 0 Å². The average Bonchev–Trinajstić information content (AvgIpc) is 3.33. The number of carbonyl (C=O) groups is 2. The van der Waals surface area contributed by atoms with Gasteiger partial charge in [0.2, 0.25) is 0 Å². The van der Waals surface area contributed by atoms with Crippen LogP contribution in [0, 0.1) is 57.7 Å². The fourth-order valence-corrected chi connectivity index (χ4v) is 11.7. The first kappa shape index (κ1) is 34.8. The normalized spacial score (nSPS) is 35.7. The van der Waals surface area contributed by atoms with Crippen molar-refractivity contribution < 1.29 is 19.1 Å². The summed E-state index contributed by atoms with van der Waals surface area (Å²) < 4.78 is 11.4. The molecule has 0 amide bonds. The number of hydrogen-bond donors (Lipinski definition) is 2. The predicted molar refractivity (Wildman–Crippen MR) is 186 cm³/mol. The summed E-state index contributed by atoms with van der Waals surface area (Å²) in [6.45, 7) is 17.2. The average molecular weight is 635 g/mol. The summed E-state index contributed by atoms with van der Waals surface area (Å²) in [5, 5.41) is 0. The first-order chi connectivity index (χ1) is 21.6. The van der Waals surface area contributed by atoms with Crippen LogP contribution in [0.3, 0.4) is 0 Å². The Bertz CT molecular complexity index is 1270. The molecular formula is C40H62N2O4. The molecule has 1 aromatic carbocycles. The minimum Gasteiger partial charge on any atom is -0.459 e. The highest BCUT2D eigenvalue weighted by Gasteiger charge is 2.63. The minimum absolute atomic E-state index is 0.0313. The van der Waals surface area contributed by atoms with Gasteiger partial charge in [-0.3, -0.25) is 0 Å². The molecule has 6 nitrogen and oxygen atoms in total. The summed E-state index contributed by atoms with van der Waals surface area (Å²) in [6, 6.07) is 5.07. The second-order valence-electron chi connectivity index (χ2n) is 17.3. The number of hydrogen-bond acceptors (Lipinski definition) is 6. The van der Waals surface area contributed by atoms with Crippen LogP contribution < -0.4 is 11.5 Å². The highest BCUT2D eigenvalue weighted by molar-refractivity contribution is 5.91. The third-order valence-electron chi connectivity index (χ3n) is 13.8. The molecule has 5 rings (SSSR count). The summed E-state index contributed by atoms with van der Waals surface area (Å²) in [4.78, 5) is 25.3. The van der Waals surface area contributed by atoms with Crippen LogP contribution in [0.5, 0.6) is 0 Å². The van der Waals surface area contributed by atoms with E-state index in [2.05, 4.69) is 48.5 Å². The van der Waals surface area contributed by atoms with Gasteiger partial charge in [-0.05, 0) is 127 Å². The lowest BCUT2D eigenvalue weighted by Gasteiger charge is -2.65. The van der Waals surface area contributed by atoms with Crippen molar-refractivity contribution in [2.24, 2.45) is 57.7 Å². The van der Waals surface area contributed by atoms with Gasteiger partial charge in [0.1, 0.15) is 12.7 Å². The molecule has 46 heavy (non-hydrogen) atoms. The quantitative estimate of drug-likeness (QED) is 0.151. The molecule has 4 N–H and O–H groups in total. The zero-order valence-electron chi connectivity index (χ0n) is 29.8. The zero-order chi connectivity index (χ0) is 33.4. The third-order valence-corrected chi connectivity index (χ3v) is 13.8. The van der Waals surface area contributed by atoms with E-state index in [4.69, 9.17) is 20.9 Å². The molecular weight excluding hydrogens is 572 g/mol. The lowest BCUT2D eigenvalue weighted by molar-refractivity contribution is -0.194. The summed E-state index contributed by atoms with van der Waals surface area (Å²) >= 11 is 0. The SMILES string of the molecule is CC(C)CCCC(C)C1CCC2C3CCC4C(C)(C)C(OC(=O)/C=C\C(=O)OCc5cc(N)cc(N)c5)CCC4(C)C3CCC12C. The molecule has 0 aliphatic heterocycles. The van der Waals surface area contributed by atoms with Crippen LogP contribution in [0.4, 0.5) is 11.4 Å². The molecule has 4 fully saturated rings. The third kappa shape index (κ3) is 6.88. The fraction of sp³-hybridized carbons (Fsp3) is 0.750. The van der Waals surface area contributed by atoms with Crippen LogP contribution in [-0.2, 0) is 25.7 Å². The van der Waals surface area contributed by atoms with Crippen molar-refractivity contribution in [3.63, 3.8) is 0 Å². The van der Waals surface area contributed by atoms with Crippen LogP contribution >= 0.6 is 0 Å². The van der Waals surface area contributed by atoms with E-state index in [-0.39, 0.29) is 23.5 Å². The van der Waals surface area contributed by atoms with E-state index in [1.807, 2.05) is 0 Å². The van der Waals surface area contributed by atoms with Gasteiger partial charge in [0.05, 0.1) is 0 Å². The van der Waals surface area contributed by atoms with Gasteiger partial charge in [-0.25, -0.2) is 9.59 Å². The van der Waals surface area contributed by atoms with Crippen molar-refractivity contribution in [2.45, 2.75) is 132 Å². The Balaban J connectivity index is 1.18. The summed E-state index contributed by atoms with van der Waals surface area (Å²) in [6.07, 6.45) is 16.4. The van der Waals surface area contributed by atoms with Crippen LogP contribution in [-0.4, -0.2) is 18.0 Å². The van der Waals surface area contributed by atoms with Crippen molar-refractivity contribution in [3.05, 3.63) is 35.9 Å². The maximum atomic E-state index is 12.9. The number of ether oxygens (including phenoxy) is 2. The van der Waals surface area contributed by atoms with Gasteiger partial charge in [0, 0.05) is 28.9 Å². The highest BCUT2D eigenvalue weighted by Crippen LogP contribution is 2.70. The van der Waals surface area contributed by atoms with Crippen LogP contribution in [0.25, 0.3) is 0 Å². The molecule has 4 aliphatic rings. The first-order valence-corrected chi connectivity index (χ1v) is 18.4. The van der Waals surface area contributed by atoms with Gasteiger partial charge >= 0.3 is 11.9 Å². The molecule has 0 heterocycles. The maximum absolute atomic E-state index is 12.9. The number of nitrogens with two attached hydrogens (primary N) is 2. The summed E-state index contributed by atoms with van der Waals surface area (Å²) in [7, 11) is 0. The Morgan fingerprint density at radius 1 is 0.826 bits per heavy atom. The van der Waals surface area contributed by atoms with E-state index in [0.29, 0.717) is 28.3 Å². The van der Waals surface area contributed by atoms with Gasteiger partial charge in [-0.2, -0.15) is 0 Å². The molecule has 9 unspecified atom stereocenters. The highest BCUT2D eigenvalue weighted by atomic mass is 16.5. The number of rotatable bonds is 10. The van der Waals surface area contributed by atoms with Crippen molar-refractivity contribution in [2.75, 3.05) is 11.5 Å². The molecule has 0 radical (unpaired) electrons. The van der Waals surface area contributed by atoms with Crippen molar-refractivity contribution in [1.29, 1.82) is 0 Å². The standard InChI is InChI=1S/C40H62N2O4/c1-25(2)9-8-10-26(3)31-12-13-32-30-11-14-34-38(4,5)35(18-20-40(34,7)33(30)17-19-39(31,32)6)46-37(44)16-15-36(43)45-24-27-21-28(41)23-29(42)22-27/h15-16,21-23,25-26,30-35H,8-14,17-20,24,41-42H2,1-7H3/b16-15-. The van der Waals surface area contributed by atoms with E-state index in [1.165, 1.54) is 63.9 Å². The molecule has 1 aromatic rings. The molecule has 9 atom stereocenters. The molecule has 4 saturated carbocycles. The molecule has 4 aliphatic carbocycles. The van der Waals surface area contributed by atoms with Crippen molar-refractivity contribution >= 4 is 23.3 Å². The Kier molecular flexibility index (Phi) is 10.3. The number of benzene rings is 1. The smallest absolute Gasteiger partial charge is 0.331 e. The van der Waals surface area contributed by atoms with E-state index in [1.54, 1.807) is 18.2 Å². The van der Waals surface area contributed by atoms with Crippen LogP contribution in [0.1, 0.15) is 125 Å². The Hall–Kier alpha value is -2.50. The fourth-order valence-electron chi connectivity index (χ4n) is 11.7. The van der Waals surface area contributed by atoms with Crippen molar-refractivity contribution in [3.8, 4) is 0 Å². The van der Waals surface area contributed by atoms with Crippen LogP contribution in [0.2, 0.25) is 0 Å². The number of anilines is 2. The lowest BCUT2D eigenvalue weighted by atomic mass is 9.41. The summed E-state index contributed by atoms with van der Waals surface area (Å²) in [5.74, 6) is 4.42. The predicted octanol–water partition coefficient (Wildman–Crippen LogP) is 9.12. The molecule has 0 bridgehead atoms. The lowest BCUT2D eigenvalue weighted by Crippen LogP contribution is -2.59. The Labute approximate surface area is 278 Å². The van der Waals surface area contributed by atoms with Gasteiger partial charge in [0.25, 0.3) is 0 Å². The van der Waals surface area contributed by atoms with E-state index >= 15 is 0 Å². The summed E-state index contributed by atoms with van der Waals surface area (Å²) in [5.41, 5.74) is 14.0. The van der Waals surface area contributed by atoms with E-state index in [9.17, 15) is 9.59 Å². The number of carbonyl (C=O) groups excluding carboxylic acids is 2. The van der Waals surface area contributed by atoms with Crippen molar-refractivity contribution in [1.82, 2.24) is 0 Å². The largest absolute Gasteiger partial charge is 0.459 e. The van der Waals surface area contributed by atoms with Gasteiger partial charge in [-0.1, -0.05) is 67.7 Å². The number of fused-ring (bicyclic) bond motifs is 5. The second-order valence-corrected chi connectivity index (χ2v) is 17.3. The zero-order valence-corrected chi connectivity index (χ0v) is 29.8. The van der Waals surface area contributed by atoms with Crippen LogP contribution in [0.15, 0.2) is 30.4 Å². The number of esters is 2. The molecule has 256 valence electrons. The van der Waals surface area contributed by atoms with Gasteiger partial charge in [0.15, 0.2) is 0 Å². The Morgan fingerprint density at radius 2 is 1.48 bits per heavy atom.